The summed E-state index contributed by atoms with van der Waals surface area (Å²) in [7, 11) is 0. The molecule has 0 bridgehead atoms. The van der Waals surface area contributed by atoms with E-state index >= 15 is 0 Å². The number of anilines is 1. The Balaban J connectivity index is 1.87. The highest BCUT2D eigenvalue weighted by atomic mass is 16.6. The number of nitrogens with zero attached hydrogens (tertiary/aromatic N) is 3. The molecule has 24 heavy (non-hydrogen) atoms. The summed E-state index contributed by atoms with van der Waals surface area (Å²) in [4.78, 5) is 25.0. The molecule has 0 saturated heterocycles. The third-order valence-electron chi connectivity index (χ3n) is 2.83. The van der Waals surface area contributed by atoms with E-state index in [-0.39, 0.29) is 18.9 Å². The minimum atomic E-state index is -0.567. The quantitative estimate of drug-likeness (QED) is 0.874. The molecule has 0 saturated carbocycles. The fourth-order valence-electron chi connectivity index (χ4n) is 1.90. The van der Waals surface area contributed by atoms with E-state index in [2.05, 4.69) is 20.8 Å². The van der Waals surface area contributed by atoms with E-state index in [1.54, 1.807) is 45.3 Å². The van der Waals surface area contributed by atoms with Gasteiger partial charge in [0.15, 0.2) is 0 Å². The Morgan fingerprint density at radius 2 is 1.83 bits per heavy atom. The third-order valence-corrected chi connectivity index (χ3v) is 2.83. The molecule has 128 valence electrons. The van der Waals surface area contributed by atoms with Crippen molar-refractivity contribution in [3.63, 3.8) is 0 Å². The van der Waals surface area contributed by atoms with E-state index in [0.717, 1.165) is 0 Å². The molecule has 2 rings (SSSR count). The van der Waals surface area contributed by atoms with Crippen LogP contribution in [0.15, 0.2) is 36.7 Å². The van der Waals surface area contributed by atoms with Gasteiger partial charge in [0, 0.05) is 13.0 Å². The van der Waals surface area contributed by atoms with E-state index < -0.39 is 11.7 Å². The predicted octanol–water partition coefficient (Wildman–Crippen LogP) is 2.12. The summed E-state index contributed by atoms with van der Waals surface area (Å²) in [5, 5.41) is 13.4. The maximum atomic E-state index is 12.0. The van der Waals surface area contributed by atoms with Crippen molar-refractivity contribution in [2.75, 3.05) is 11.9 Å². The molecule has 0 spiro atoms. The second kappa shape index (κ2) is 7.58. The number of aromatic nitrogens is 3. The molecule has 0 aliphatic carbocycles. The van der Waals surface area contributed by atoms with Gasteiger partial charge in [0.1, 0.15) is 11.3 Å². The summed E-state index contributed by atoms with van der Waals surface area (Å²) in [6.07, 6.45) is 2.70. The van der Waals surface area contributed by atoms with Crippen molar-refractivity contribution >= 4 is 17.7 Å². The monoisotopic (exact) mass is 331 g/mol. The van der Waals surface area contributed by atoms with Gasteiger partial charge in [-0.05, 0) is 32.9 Å². The van der Waals surface area contributed by atoms with Gasteiger partial charge in [-0.1, -0.05) is 12.1 Å². The summed E-state index contributed by atoms with van der Waals surface area (Å²) in [5.74, 6) is -0.231. The highest BCUT2D eigenvalue weighted by Gasteiger charge is 2.16. The second-order valence-electron chi connectivity index (χ2n) is 6.06. The lowest BCUT2D eigenvalue weighted by Crippen LogP contribution is -2.34. The van der Waals surface area contributed by atoms with E-state index in [1.807, 2.05) is 12.1 Å². The molecule has 0 unspecified atom stereocenters. The first-order valence-electron chi connectivity index (χ1n) is 7.57. The minimum absolute atomic E-state index is 0.125. The normalized spacial score (nSPS) is 11.0. The maximum Gasteiger partial charge on any atom is 0.407 e. The number of amides is 2. The fraction of sp³-hybridized carbons (Fsp3) is 0.375. The molecule has 0 aliphatic rings. The van der Waals surface area contributed by atoms with Crippen molar-refractivity contribution in [1.82, 2.24) is 20.3 Å². The van der Waals surface area contributed by atoms with Gasteiger partial charge in [-0.25, -0.2) is 4.79 Å². The van der Waals surface area contributed by atoms with Gasteiger partial charge in [-0.15, -0.1) is 4.80 Å². The molecule has 1 heterocycles. The summed E-state index contributed by atoms with van der Waals surface area (Å²) < 4.78 is 5.10. The number of alkyl carbamates (subject to hydrolysis) is 1. The van der Waals surface area contributed by atoms with Crippen LogP contribution in [0.25, 0.3) is 5.69 Å². The van der Waals surface area contributed by atoms with Gasteiger partial charge < -0.3 is 15.4 Å². The van der Waals surface area contributed by atoms with Crippen LogP contribution in [-0.4, -0.2) is 39.1 Å². The largest absolute Gasteiger partial charge is 0.444 e. The van der Waals surface area contributed by atoms with Gasteiger partial charge in [0.05, 0.1) is 18.1 Å². The molecule has 0 fully saturated rings. The van der Waals surface area contributed by atoms with E-state index in [4.69, 9.17) is 4.74 Å². The summed E-state index contributed by atoms with van der Waals surface area (Å²) in [6, 6.07) is 7.20. The van der Waals surface area contributed by atoms with Crippen LogP contribution < -0.4 is 10.6 Å². The zero-order chi connectivity index (χ0) is 17.6. The molecule has 8 heteroatoms. The Morgan fingerprint density at radius 1 is 1.17 bits per heavy atom. The topological polar surface area (TPSA) is 98.1 Å². The third kappa shape index (κ3) is 5.38. The molecule has 8 nitrogen and oxygen atoms in total. The molecule has 1 aromatic heterocycles. The standard InChI is InChI=1S/C16H21N5O3/c1-16(2,3)24-15(23)17-9-8-14(22)20-12-6-4-5-7-13(12)21-18-10-11-19-21/h4-7,10-11H,8-9H2,1-3H3,(H,17,23)(H,20,22). The summed E-state index contributed by atoms with van der Waals surface area (Å²) in [5.41, 5.74) is 0.689. The zero-order valence-corrected chi connectivity index (χ0v) is 13.9. The van der Waals surface area contributed by atoms with Crippen LogP contribution in [0.3, 0.4) is 0 Å². The first kappa shape index (κ1) is 17.5. The Kier molecular flexibility index (Phi) is 5.51. The molecule has 0 radical (unpaired) electrons. The highest BCUT2D eigenvalue weighted by molar-refractivity contribution is 5.93. The van der Waals surface area contributed by atoms with Gasteiger partial charge >= 0.3 is 6.09 Å². The Hall–Kier alpha value is -2.90. The van der Waals surface area contributed by atoms with E-state index in [9.17, 15) is 9.59 Å². The molecule has 0 aliphatic heterocycles. The molecular formula is C16H21N5O3. The second-order valence-corrected chi connectivity index (χ2v) is 6.06. The number of ether oxygens (including phenoxy) is 1. The number of benzene rings is 1. The van der Waals surface area contributed by atoms with Crippen LogP contribution in [0.1, 0.15) is 27.2 Å². The van der Waals surface area contributed by atoms with Gasteiger partial charge in [-0.2, -0.15) is 10.2 Å². The number of carbonyl (C=O) groups excluding carboxylic acids is 2. The van der Waals surface area contributed by atoms with Gasteiger partial charge in [-0.3, -0.25) is 4.79 Å². The average Bonchev–Trinajstić information content (AvgIpc) is 3.00. The van der Waals surface area contributed by atoms with Gasteiger partial charge in [0.25, 0.3) is 0 Å². The Bertz CT molecular complexity index is 692. The molecular weight excluding hydrogens is 310 g/mol. The van der Waals surface area contributed by atoms with Crippen molar-refractivity contribution in [3.8, 4) is 5.69 Å². The highest BCUT2D eigenvalue weighted by Crippen LogP contribution is 2.18. The minimum Gasteiger partial charge on any atom is -0.444 e. The number of hydrogen-bond acceptors (Lipinski definition) is 5. The van der Waals surface area contributed by atoms with Crippen molar-refractivity contribution in [2.45, 2.75) is 32.8 Å². The van der Waals surface area contributed by atoms with Crippen molar-refractivity contribution < 1.29 is 14.3 Å². The molecule has 0 atom stereocenters. The Morgan fingerprint density at radius 3 is 2.50 bits per heavy atom. The first-order valence-corrected chi connectivity index (χ1v) is 7.57. The zero-order valence-electron chi connectivity index (χ0n) is 13.9. The van der Waals surface area contributed by atoms with Crippen LogP contribution in [0, 0.1) is 0 Å². The number of rotatable bonds is 5. The number of hydrogen-bond donors (Lipinski definition) is 2. The van der Waals surface area contributed by atoms with Crippen LogP contribution in [0.4, 0.5) is 10.5 Å². The van der Waals surface area contributed by atoms with Crippen LogP contribution >= 0.6 is 0 Å². The Labute approximate surface area is 140 Å². The molecule has 2 N–H and O–H groups in total. The van der Waals surface area contributed by atoms with Gasteiger partial charge in [0.2, 0.25) is 5.91 Å². The number of nitrogens with one attached hydrogen (secondary N) is 2. The lowest BCUT2D eigenvalue weighted by molar-refractivity contribution is -0.116. The number of carbonyl (C=O) groups is 2. The van der Waals surface area contributed by atoms with Crippen LogP contribution in [0.2, 0.25) is 0 Å². The smallest absolute Gasteiger partial charge is 0.407 e. The number of para-hydroxylation sites is 2. The maximum absolute atomic E-state index is 12.0. The lowest BCUT2D eigenvalue weighted by Gasteiger charge is -2.19. The summed E-state index contributed by atoms with van der Waals surface area (Å²) >= 11 is 0. The van der Waals surface area contributed by atoms with Crippen molar-refractivity contribution in [2.24, 2.45) is 0 Å². The molecule has 2 aromatic rings. The van der Waals surface area contributed by atoms with E-state index in [1.165, 1.54) is 4.80 Å². The van der Waals surface area contributed by atoms with Crippen LogP contribution in [-0.2, 0) is 9.53 Å². The lowest BCUT2D eigenvalue weighted by atomic mass is 10.2. The SMILES string of the molecule is CC(C)(C)OC(=O)NCCC(=O)Nc1ccccc1-n1nccn1. The molecule has 2 amide bonds. The average molecular weight is 331 g/mol. The van der Waals surface area contributed by atoms with E-state index in [0.29, 0.717) is 11.4 Å². The molecule has 1 aromatic carbocycles. The first-order chi connectivity index (χ1) is 11.3. The van der Waals surface area contributed by atoms with Crippen LogP contribution in [0.5, 0.6) is 0 Å². The fourth-order valence-corrected chi connectivity index (χ4v) is 1.90. The predicted molar refractivity (Wildman–Crippen MR) is 88.8 cm³/mol. The summed E-state index contributed by atoms with van der Waals surface area (Å²) in [6.45, 7) is 5.52. The van der Waals surface area contributed by atoms with Crippen molar-refractivity contribution in [1.29, 1.82) is 0 Å². The van der Waals surface area contributed by atoms with Crippen molar-refractivity contribution in [3.05, 3.63) is 36.7 Å².